The molecule has 178 valence electrons. The van der Waals surface area contributed by atoms with Crippen LogP contribution >= 0.6 is 11.6 Å². The molecule has 2 amide bonds. The van der Waals surface area contributed by atoms with Crippen molar-refractivity contribution in [2.24, 2.45) is 0 Å². The Kier molecular flexibility index (Phi) is 6.80. The van der Waals surface area contributed by atoms with Crippen LogP contribution in [0.2, 0.25) is 5.15 Å². The highest BCUT2D eigenvalue weighted by molar-refractivity contribution is 6.32. The van der Waals surface area contributed by atoms with Gasteiger partial charge in [-0.25, -0.2) is 4.98 Å². The molecule has 3 aromatic rings. The number of ether oxygens (including phenoxy) is 1. The summed E-state index contributed by atoms with van der Waals surface area (Å²) in [4.78, 5) is 34.3. The lowest BCUT2D eigenvalue weighted by atomic mass is 10.2. The third-order valence-electron chi connectivity index (χ3n) is 6.28. The van der Waals surface area contributed by atoms with Gasteiger partial charge in [0.1, 0.15) is 5.65 Å². The first-order valence-corrected chi connectivity index (χ1v) is 12.0. The number of imidazole rings is 1. The van der Waals surface area contributed by atoms with Crippen LogP contribution in [0.15, 0.2) is 54.7 Å². The molecule has 0 radical (unpaired) electrons. The summed E-state index contributed by atoms with van der Waals surface area (Å²) in [5.74, 6) is -0.156. The highest BCUT2D eigenvalue weighted by Crippen LogP contribution is 2.28. The van der Waals surface area contributed by atoms with E-state index in [-0.39, 0.29) is 23.1 Å². The minimum atomic E-state index is -0.303. The molecular formula is C25H28ClN5O3. The molecule has 1 saturated carbocycles. The number of hydrogen-bond acceptors (Lipinski definition) is 5. The highest BCUT2D eigenvalue weighted by Gasteiger charge is 2.34. The van der Waals surface area contributed by atoms with E-state index in [9.17, 15) is 9.59 Å². The Hall–Kier alpha value is -2.94. The molecule has 1 unspecified atom stereocenters. The maximum atomic E-state index is 13.1. The summed E-state index contributed by atoms with van der Waals surface area (Å²) in [7, 11) is 0. The third kappa shape index (κ3) is 5.24. The fourth-order valence-corrected chi connectivity index (χ4v) is 4.64. The first-order valence-electron chi connectivity index (χ1n) is 11.7. The van der Waals surface area contributed by atoms with Crippen molar-refractivity contribution < 1.29 is 14.3 Å². The van der Waals surface area contributed by atoms with Crippen molar-refractivity contribution in [3.05, 3.63) is 71.1 Å². The number of nitrogens with zero attached hydrogens (tertiary/aromatic N) is 4. The summed E-state index contributed by atoms with van der Waals surface area (Å²) >= 11 is 6.21. The van der Waals surface area contributed by atoms with Crippen LogP contribution in [0.3, 0.4) is 0 Å². The fraction of sp³-hybridized carbons (Fsp3) is 0.400. The van der Waals surface area contributed by atoms with E-state index in [0.717, 1.165) is 18.4 Å². The number of nitrogens with one attached hydrogen (secondary N) is 1. The van der Waals surface area contributed by atoms with Crippen molar-refractivity contribution in [2.45, 2.75) is 31.5 Å². The van der Waals surface area contributed by atoms with Crippen LogP contribution in [0, 0.1) is 0 Å². The lowest BCUT2D eigenvalue weighted by molar-refractivity contribution is -0.135. The Bertz CT molecular complexity index is 1160. The Morgan fingerprint density at radius 1 is 1.15 bits per heavy atom. The summed E-state index contributed by atoms with van der Waals surface area (Å²) in [5, 5.41) is 3.08. The molecule has 9 heteroatoms. The molecule has 1 aromatic carbocycles. The third-order valence-corrected chi connectivity index (χ3v) is 6.54. The number of amides is 2. The van der Waals surface area contributed by atoms with Gasteiger partial charge in [-0.2, -0.15) is 0 Å². The van der Waals surface area contributed by atoms with Gasteiger partial charge < -0.3 is 15.0 Å². The topological polar surface area (TPSA) is 79.2 Å². The molecule has 34 heavy (non-hydrogen) atoms. The zero-order chi connectivity index (χ0) is 23.5. The van der Waals surface area contributed by atoms with Crippen LogP contribution < -0.4 is 5.32 Å². The molecule has 8 nitrogen and oxygen atoms in total. The molecular weight excluding hydrogens is 454 g/mol. The summed E-state index contributed by atoms with van der Waals surface area (Å²) in [6.45, 7) is 3.13. The number of fused-ring (bicyclic) bond motifs is 1. The highest BCUT2D eigenvalue weighted by atomic mass is 35.5. The molecule has 2 fully saturated rings. The SMILES string of the molecule is O=C(NCC1CN(CC(=O)N(Cc2ccccc2)C2CC2)CCO1)c1c(Cl)nc2ccccn12. The fourth-order valence-electron chi connectivity index (χ4n) is 4.38. The average Bonchev–Trinajstić information content (AvgIpc) is 3.63. The molecule has 0 spiro atoms. The zero-order valence-corrected chi connectivity index (χ0v) is 19.7. The monoisotopic (exact) mass is 481 g/mol. The second-order valence-electron chi connectivity index (χ2n) is 8.86. The number of morpholine rings is 1. The number of carbonyl (C=O) groups is 2. The van der Waals surface area contributed by atoms with Crippen molar-refractivity contribution >= 4 is 29.1 Å². The van der Waals surface area contributed by atoms with Gasteiger partial charge in [0.25, 0.3) is 5.91 Å². The van der Waals surface area contributed by atoms with Crippen molar-refractivity contribution in [2.75, 3.05) is 32.8 Å². The van der Waals surface area contributed by atoms with Gasteiger partial charge in [0.15, 0.2) is 10.8 Å². The van der Waals surface area contributed by atoms with Gasteiger partial charge in [-0.05, 0) is 30.5 Å². The normalized spacial score (nSPS) is 18.7. The molecule has 1 atom stereocenters. The Morgan fingerprint density at radius 3 is 2.74 bits per heavy atom. The smallest absolute Gasteiger partial charge is 0.271 e. The molecule has 1 N–H and O–H groups in total. The van der Waals surface area contributed by atoms with Crippen LogP contribution in [-0.4, -0.2) is 75.9 Å². The molecule has 3 heterocycles. The van der Waals surface area contributed by atoms with Crippen LogP contribution in [0.4, 0.5) is 0 Å². The van der Waals surface area contributed by atoms with E-state index in [0.29, 0.717) is 56.7 Å². The number of carbonyl (C=O) groups excluding carboxylic acids is 2. The summed E-state index contributed by atoms with van der Waals surface area (Å²) < 4.78 is 7.52. The van der Waals surface area contributed by atoms with Gasteiger partial charge in [0, 0.05) is 38.4 Å². The second kappa shape index (κ2) is 10.1. The molecule has 2 aliphatic rings. The maximum Gasteiger partial charge on any atom is 0.271 e. The summed E-state index contributed by atoms with van der Waals surface area (Å²) in [6, 6.07) is 15.9. The van der Waals surface area contributed by atoms with E-state index in [2.05, 4.69) is 27.3 Å². The Labute approximate surface area is 203 Å². The van der Waals surface area contributed by atoms with Crippen LogP contribution in [0.25, 0.3) is 5.65 Å². The lowest BCUT2D eigenvalue weighted by Crippen LogP contribution is -2.51. The van der Waals surface area contributed by atoms with Gasteiger partial charge >= 0.3 is 0 Å². The van der Waals surface area contributed by atoms with Crippen molar-refractivity contribution in [1.29, 1.82) is 0 Å². The quantitative estimate of drug-likeness (QED) is 0.535. The van der Waals surface area contributed by atoms with E-state index < -0.39 is 0 Å². The molecule has 1 aliphatic heterocycles. The zero-order valence-electron chi connectivity index (χ0n) is 18.9. The van der Waals surface area contributed by atoms with E-state index in [1.807, 2.05) is 35.2 Å². The number of halogens is 1. The molecule has 0 bridgehead atoms. The number of rotatable bonds is 8. The van der Waals surface area contributed by atoms with Crippen LogP contribution in [-0.2, 0) is 16.1 Å². The van der Waals surface area contributed by atoms with E-state index >= 15 is 0 Å². The van der Waals surface area contributed by atoms with Gasteiger partial charge in [0.2, 0.25) is 5.91 Å². The lowest BCUT2D eigenvalue weighted by Gasteiger charge is -2.34. The standard InChI is InChI=1S/C25H28ClN5O3/c26-24-23(30-11-5-4-8-21(30)28-24)25(33)27-14-20-16-29(12-13-34-20)17-22(32)31(19-9-10-19)15-18-6-2-1-3-7-18/h1-8,11,19-20H,9-10,12-17H2,(H,27,33). The molecule has 1 saturated heterocycles. The van der Waals surface area contributed by atoms with Gasteiger partial charge in [0.05, 0.1) is 19.3 Å². The second-order valence-corrected chi connectivity index (χ2v) is 9.21. The van der Waals surface area contributed by atoms with Gasteiger partial charge in [-0.3, -0.25) is 18.9 Å². The minimum absolute atomic E-state index is 0.147. The summed E-state index contributed by atoms with van der Waals surface area (Å²) in [6.07, 6.45) is 3.70. The molecule has 5 rings (SSSR count). The van der Waals surface area contributed by atoms with E-state index in [4.69, 9.17) is 16.3 Å². The maximum absolute atomic E-state index is 13.1. The first kappa shape index (κ1) is 22.8. The van der Waals surface area contributed by atoms with Gasteiger partial charge in [-0.1, -0.05) is 48.0 Å². The van der Waals surface area contributed by atoms with Crippen molar-refractivity contribution in [3.63, 3.8) is 0 Å². The van der Waals surface area contributed by atoms with Gasteiger partial charge in [-0.15, -0.1) is 0 Å². The molecule has 1 aliphatic carbocycles. The largest absolute Gasteiger partial charge is 0.374 e. The summed E-state index contributed by atoms with van der Waals surface area (Å²) in [5.41, 5.74) is 2.07. The number of aromatic nitrogens is 2. The Morgan fingerprint density at radius 2 is 1.94 bits per heavy atom. The van der Waals surface area contributed by atoms with Crippen molar-refractivity contribution in [3.8, 4) is 0 Å². The number of pyridine rings is 1. The Balaban J connectivity index is 1.16. The predicted octanol–water partition coefficient (Wildman–Crippen LogP) is 2.61. The average molecular weight is 482 g/mol. The predicted molar refractivity (Wildman–Crippen MR) is 129 cm³/mol. The van der Waals surface area contributed by atoms with Crippen molar-refractivity contribution in [1.82, 2.24) is 24.5 Å². The first-order chi connectivity index (χ1) is 16.6. The van der Waals surface area contributed by atoms with E-state index in [1.54, 1.807) is 16.7 Å². The number of benzene rings is 1. The molecule has 2 aromatic heterocycles. The minimum Gasteiger partial charge on any atom is -0.374 e. The van der Waals surface area contributed by atoms with E-state index in [1.165, 1.54) is 0 Å². The number of hydrogen-bond donors (Lipinski definition) is 1. The van der Waals surface area contributed by atoms with Crippen LogP contribution in [0.1, 0.15) is 28.9 Å². The van der Waals surface area contributed by atoms with Crippen LogP contribution in [0.5, 0.6) is 0 Å².